The van der Waals surface area contributed by atoms with E-state index in [-0.39, 0.29) is 0 Å². The molecular weight excluding hydrogens is 196 g/mol. The van der Waals surface area contributed by atoms with E-state index >= 15 is 0 Å². The topological polar surface area (TPSA) is 17.8 Å². The first-order valence-corrected chi connectivity index (χ1v) is 5.94. The number of hydrogen-bond donors (Lipinski definition) is 0. The molecule has 0 N–H and O–H groups in total. The molecule has 2 rings (SSSR count). The lowest BCUT2D eigenvalue weighted by Gasteiger charge is -2.07. The molecule has 0 bridgehead atoms. The molecule has 0 radical (unpaired) electrons. The van der Waals surface area contributed by atoms with Crippen molar-refractivity contribution in [3.05, 3.63) is 54.1 Å². The van der Waals surface area contributed by atoms with Gasteiger partial charge in [-0.3, -0.25) is 0 Å². The lowest BCUT2D eigenvalue weighted by molar-refractivity contribution is 0.678. The van der Waals surface area contributed by atoms with Crippen LogP contribution in [0, 0.1) is 0 Å². The SMILES string of the molecule is CCCCc1nccn1Cc1ccccc1. The van der Waals surface area contributed by atoms with Crippen molar-refractivity contribution < 1.29 is 0 Å². The number of imidazole rings is 1. The van der Waals surface area contributed by atoms with E-state index < -0.39 is 0 Å². The minimum Gasteiger partial charge on any atom is -0.331 e. The molecule has 0 saturated carbocycles. The monoisotopic (exact) mass is 214 g/mol. The fourth-order valence-electron chi connectivity index (χ4n) is 1.83. The van der Waals surface area contributed by atoms with Gasteiger partial charge in [0.2, 0.25) is 0 Å². The number of nitrogens with zero attached hydrogens (tertiary/aromatic N) is 2. The van der Waals surface area contributed by atoms with Crippen molar-refractivity contribution in [1.82, 2.24) is 9.55 Å². The van der Waals surface area contributed by atoms with E-state index in [1.165, 1.54) is 24.2 Å². The molecule has 0 amide bonds. The highest BCUT2D eigenvalue weighted by Crippen LogP contribution is 2.07. The van der Waals surface area contributed by atoms with E-state index in [1.807, 2.05) is 6.20 Å². The van der Waals surface area contributed by atoms with Crippen LogP contribution in [0.15, 0.2) is 42.7 Å². The highest BCUT2D eigenvalue weighted by atomic mass is 15.1. The lowest BCUT2D eigenvalue weighted by Crippen LogP contribution is -2.04. The predicted octanol–water partition coefficient (Wildman–Crippen LogP) is 3.27. The normalized spacial score (nSPS) is 10.6. The van der Waals surface area contributed by atoms with Crippen molar-refractivity contribution in [1.29, 1.82) is 0 Å². The van der Waals surface area contributed by atoms with Crippen molar-refractivity contribution >= 4 is 0 Å². The van der Waals surface area contributed by atoms with Crippen molar-refractivity contribution in [2.24, 2.45) is 0 Å². The van der Waals surface area contributed by atoms with Crippen LogP contribution in [0.2, 0.25) is 0 Å². The van der Waals surface area contributed by atoms with Gasteiger partial charge in [-0.25, -0.2) is 4.98 Å². The van der Waals surface area contributed by atoms with E-state index in [4.69, 9.17) is 0 Å². The molecule has 0 fully saturated rings. The molecule has 1 aromatic heterocycles. The zero-order valence-corrected chi connectivity index (χ0v) is 9.76. The Bertz CT molecular complexity index is 417. The van der Waals surface area contributed by atoms with E-state index in [1.54, 1.807) is 0 Å². The third-order valence-electron chi connectivity index (χ3n) is 2.75. The summed E-state index contributed by atoms with van der Waals surface area (Å²) in [6.45, 7) is 3.14. The molecule has 1 heterocycles. The van der Waals surface area contributed by atoms with Gasteiger partial charge in [-0.05, 0) is 12.0 Å². The minimum absolute atomic E-state index is 0.930. The van der Waals surface area contributed by atoms with Crippen molar-refractivity contribution in [3.63, 3.8) is 0 Å². The van der Waals surface area contributed by atoms with Crippen molar-refractivity contribution in [3.8, 4) is 0 Å². The molecule has 0 saturated heterocycles. The standard InChI is InChI=1S/C14H18N2/c1-2-3-9-14-15-10-11-16(14)12-13-7-5-4-6-8-13/h4-8,10-11H,2-3,9,12H2,1H3. The zero-order chi connectivity index (χ0) is 11.2. The van der Waals surface area contributed by atoms with E-state index in [0.29, 0.717) is 0 Å². The molecule has 2 aromatic rings. The summed E-state index contributed by atoms with van der Waals surface area (Å²) < 4.78 is 2.24. The second-order valence-electron chi connectivity index (χ2n) is 4.06. The fourth-order valence-corrected chi connectivity index (χ4v) is 1.83. The maximum Gasteiger partial charge on any atom is 0.108 e. The van der Waals surface area contributed by atoms with Crippen LogP contribution in [-0.2, 0) is 13.0 Å². The van der Waals surface area contributed by atoms with Gasteiger partial charge in [0.15, 0.2) is 0 Å². The van der Waals surface area contributed by atoms with Crippen molar-refractivity contribution in [2.75, 3.05) is 0 Å². The largest absolute Gasteiger partial charge is 0.331 e. The molecule has 0 aliphatic rings. The summed E-state index contributed by atoms with van der Waals surface area (Å²) in [6, 6.07) is 10.5. The van der Waals surface area contributed by atoms with E-state index in [0.717, 1.165) is 13.0 Å². The highest BCUT2D eigenvalue weighted by molar-refractivity contribution is 5.15. The van der Waals surface area contributed by atoms with Gasteiger partial charge in [0.25, 0.3) is 0 Å². The molecule has 84 valence electrons. The Labute approximate surface area is 97.0 Å². The van der Waals surface area contributed by atoms with Gasteiger partial charge in [-0.15, -0.1) is 0 Å². The minimum atomic E-state index is 0.930. The predicted molar refractivity (Wildman–Crippen MR) is 66.4 cm³/mol. The second kappa shape index (κ2) is 5.50. The molecule has 2 nitrogen and oxygen atoms in total. The Morgan fingerprint density at radius 2 is 2.00 bits per heavy atom. The molecule has 0 aliphatic heterocycles. The van der Waals surface area contributed by atoms with Crippen molar-refractivity contribution in [2.45, 2.75) is 32.7 Å². The van der Waals surface area contributed by atoms with Crippen LogP contribution in [-0.4, -0.2) is 9.55 Å². The average molecular weight is 214 g/mol. The smallest absolute Gasteiger partial charge is 0.108 e. The third kappa shape index (κ3) is 2.72. The number of rotatable bonds is 5. The molecular formula is C14H18N2. The molecule has 1 aromatic carbocycles. The molecule has 0 aliphatic carbocycles. The number of hydrogen-bond acceptors (Lipinski definition) is 1. The number of aromatic nitrogens is 2. The quantitative estimate of drug-likeness (QED) is 0.747. The molecule has 0 spiro atoms. The van der Waals surface area contributed by atoms with Gasteiger partial charge in [-0.2, -0.15) is 0 Å². The summed E-state index contributed by atoms with van der Waals surface area (Å²) in [7, 11) is 0. The number of unbranched alkanes of at least 4 members (excludes halogenated alkanes) is 1. The van der Waals surface area contributed by atoms with Gasteiger partial charge >= 0.3 is 0 Å². The van der Waals surface area contributed by atoms with E-state index in [9.17, 15) is 0 Å². The van der Waals surface area contributed by atoms with Gasteiger partial charge in [0.05, 0.1) is 0 Å². The van der Waals surface area contributed by atoms with Gasteiger partial charge in [-0.1, -0.05) is 43.7 Å². The molecule has 0 atom stereocenters. The van der Waals surface area contributed by atoms with Crippen LogP contribution in [0.3, 0.4) is 0 Å². The number of benzene rings is 1. The van der Waals surface area contributed by atoms with Crippen LogP contribution < -0.4 is 0 Å². The Morgan fingerprint density at radius 3 is 2.75 bits per heavy atom. The van der Waals surface area contributed by atoms with Crippen LogP contribution in [0.25, 0.3) is 0 Å². The molecule has 16 heavy (non-hydrogen) atoms. The summed E-state index contributed by atoms with van der Waals surface area (Å²) in [6.07, 6.45) is 7.48. The second-order valence-corrected chi connectivity index (χ2v) is 4.06. The molecule has 2 heteroatoms. The third-order valence-corrected chi connectivity index (χ3v) is 2.75. The maximum atomic E-state index is 4.41. The van der Waals surface area contributed by atoms with Crippen LogP contribution in [0.5, 0.6) is 0 Å². The Balaban J connectivity index is 2.07. The fraction of sp³-hybridized carbons (Fsp3) is 0.357. The van der Waals surface area contributed by atoms with E-state index in [2.05, 4.69) is 53.0 Å². The maximum absolute atomic E-state index is 4.41. The van der Waals surface area contributed by atoms with Gasteiger partial charge in [0, 0.05) is 25.4 Å². The first-order chi connectivity index (χ1) is 7.90. The summed E-state index contributed by atoms with van der Waals surface area (Å²) in [5.41, 5.74) is 1.33. The zero-order valence-electron chi connectivity index (χ0n) is 9.76. The Morgan fingerprint density at radius 1 is 1.19 bits per heavy atom. The van der Waals surface area contributed by atoms with Gasteiger partial charge < -0.3 is 4.57 Å². The summed E-state index contributed by atoms with van der Waals surface area (Å²) in [5, 5.41) is 0. The Kier molecular flexibility index (Phi) is 3.76. The van der Waals surface area contributed by atoms with Crippen LogP contribution in [0.1, 0.15) is 31.2 Å². The number of aryl methyl sites for hydroxylation is 1. The summed E-state index contributed by atoms with van der Waals surface area (Å²) >= 11 is 0. The van der Waals surface area contributed by atoms with Crippen LogP contribution >= 0.6 is 0 Å². The Hall–Kier alpha value is -1.57. The first kappa shape index (κ1) is 10.9. The molecule has 0 unspecified atom stereocenters. The summed E-state index contributed by atoms with van der Waals surface area (Å²) in [4.78, 5) is 4.41. The highest BCUT2D eigenvalue weighted by Gasteiger charge is 2.02. The van der Waals surface area contributed by atoms with Crippen LogP contribution in [0.4, 0.5) is 0 Å². The lowest BCUT2D eigenvalue weighted by atomic mass is 10.2. The summed E-state index contributed by atoms with van der Waals surface area (Å²) in [5.74, 6) is 1.20. The first-order valence-electron chi connectivity index (χ1n) is 5.94. The van der Waals surface area contributed by atoms with Gasteiger partial charge in [0.1, 0.15) is 5.82 Å². The average Bonchev–Trinajstić information content (AvgIpc) is 2.75.